The first-order chi connectivity index (χ1) is 13.0. The Kier molecular flexibility index (Phi) is 5.59. The summed E-state index contributed by atoms with van der Waals surface area (Å²) in [5, 5.41) is 8.03. The summed E-state index contributed by atoms with van der Waals surface area (Å²) in [5.74, 6) is 0.542. The van der Waals surface area contributed by atoms with E-state index in [1.165, 1.54) is 17.7 Å². The summed E-state index contributed by atoms with van der Waals surface area (Å²) in [6.07, 6.45) is 1.77. The zero-order valence-electron chi connectivity index (χ0n) is 15.5. The second kappa shape index (κ2) is 8.07. The summed E-state index contributed by atoms with van der Waals surface area (Å²) in [6.45, 7) is 6.00. The minimum Gasteiger partial charge on any atom is -0.494 e. The molecule has 7 heteroatoms. The maximum atomic E-state index is 14.6. The summed E-state index contributed by atoms with van der Waals surface area (Å²) in [5.41, 5.74) is 1.05. The van der Waals surface area contributed by atoms with E-state index in [9.17, 15) is 9.18 Å². The fourth-order valence-corrected chi connectivity index (χ4v) is 2.75. The van der Waals surface area contributed by atoms with Gasteiger partial charge in [-0.2, -0.15) is 5.10 Å². The molecule has 3 rings (SSSR count). The first-order valence-corrected chi connectivity index (χ1v) is 8.78. The molecule has 3 aromatic rings. The van der Waals surface area contributed by atoms with Crippen LogP contribution in [-0.2, 0) is 4.79 Å². The lowest BCUT2D eigenvalue weighted by molar-refractivity contribution is -0.119. The minimum atomic E-state index is -0.447. The van der Waals surface area contributed by atoms with Crippen molar-refractivity contribution in [1.82, 2.24) is 15.1 Å². The fraction of sp³-hybridized carbons (Fsp3) is 0.300. The zero-order chi connectivity index (χ0) is 19.4. The molecule has 6 nitrogen and oxygen atoms in total. The Bertz CT molecular complexity index is 955. The number of benzene rings is 2. The van der Waals surface area contributed by atoms with Crippen LogP contribution in [0.2, 0.25) is 0 Å². The molecule has 1 N–H and O–H groups in total. The number of aromatic nitrogens is 2. The Morgan fingerprint density at radius 2 is 1.96 bits per heavy atom. The van der Waals surface area contributed by atoms with Crippen molar-refractivity contribution in [3.63, 3.8) is 0 Å². The highest BCUT2D eigenvalue weighted by Gasteiger charge is 2.11. The van der Waals surface area contributed by atoms with Crippen LogP contribution in [0.1, 0.15) is 20.8 Å². The van der Waals surface area contributed by atoms with Gasteiger partial charge in [0.25, 0.3) is 0 Å². The van der Waals surface area contributed by atoms with E-state index in [1.807, 2.05) is 32.0 Å². The summed E-state index contributed by atoms with van der Waals surface area (Å²) in [4.78, 5) is 11.0. The molecule has 0 radical (unpaired) electrons. The van der Waals surface area contributed by atoms with Crippen LogP contribution in [0.4, 0.5) is 4.39 Å². The van der Waals surface area contributed by atoms with Gasteiger partial charge in [-0.15, -0.1) is 0 Å². The van der Waals surface area contributed by atoms with Crippen LogP contribution in [0.5, 0.6) is 11.5 Å². The molecule has 0 saturated carbocycles. The number of nitrogens with zero attached hydrogens (tertiary/aromatic N) is 2. The van der Waals surface area contributed by atoms with Crippen molar-refractivity contribution in [1.29, 1.82) is 0 Å². The van der Waals surface area contributed by atoms with Crippen molar-refractivity contribution >= 4 is 16.8 Å². The Balaban J connectivity index is 1.77. The molecule has 0 unspecified atom stereocenters. The lowest BCUT2D eigenvalue weighted by atomic mass is 10.2. The van der Waals surface area contributed by atoms with Gasteiger partial charge >= 0.3 is 0 Å². The second-order valence-corrected chi connectivity index (χ2v) is 6.25. The van der Waals surface area contributed by atoms with Gasteiger partial charge < -0.3 is 14.8 Å². The molecule has 0 aliphatic heterocycles. The third kappa shape index (κ3) is 4.55. The van der Waals surface area contributed by atoms with E-state index in [2.05, 4.69) is 10.4 Å². The van der Waals surface area contributed by atoms with E-state index < -0.39 is 5.82 Å². The predicted molar refractivity (Wildman–Crippen MR) is 101 cm³/mol. The van der Waals surface area contributed by atoms with E-state index in [0.717, 1.165) is 16.7 Å². The summed E-state index contributed by atoms with van der Waals surface area (Å²) in [7, 11) is 0. The highest BCUT2D eigenvalue weighted by molar-refractivity contribution is 5.80. The molecule has 0 bridgehead atoms. The summed E-state index contributed by atoms with van der Waals surface area (Å²) >= 11 is 0. The van der Waals surface area contributed by atoms with Crippen molar-refractivity contribution in [2.75, 3.05) is 13.2 Å². The van der Waals surface area contributed by atoms with Crippen LogP contribution in [0.25, 0.3) is 16.6 Å². The van der Waals surface area contributed by atoms with Gasteiger partial charge in [0, 0.05) is 30.6 Å². The molecule has 0 spiro atoms. The van der Waals surface area contributed by atoms with Crippen molar-refractivity contribution in [3.8, 4) is 17.2 Å². The van der Waals surface area contributed by atoms with Gasteiger partial charge in [0.1, 0.15) is 23.8 Å². The largest absolute Gasteiger partial charge is 0.494 e. The van der Waals surface area contributed by atoms with E-state index in [0.29, 0.717) is 18.0 Å². The van der Waals surface area contributed by atoms with Gasteiger partial charge in [-0.1, -0.05) is 0 Å². The van der Waals surface area contributed by atoms with Gasteiger partial charge in [-0.05, 0) is 38.1 Å². The average Bonchev–Trinajstić information content (AvgIpc) is 3.02. The van der Waals surface area contributed by atoms with E-state index in [1.54, 1.807) is 18.3 Å². The number of halogens is 1. The van der Waals surface area contributed by atoms with E-state index in [4.69, 9.17) is 9.47 Å². The molecular weight excluding hydrogens is 349 g/mol. The molecule has 0 fully saturated rings. The average molecular weight is 371 g/mol. The number of carbonyl (C=O) groups excluding carboxylic acids is 1. The number of fused-ring (bicyclic) bond motifs is 1. The van der Waals surface area contributed by atoms with Crippen molar-refractivity contribution in [2.24, 2.45) is 0 Å². The Morgan fingerprint density at radius 1 is 1.22 bits per heavy atom. The highest BCUT2D eigenvalue weighted by Crippen LogP contribution is 2.24. The van der Waals surface area contributed by atoms with Crippen LogP contribution in [-0.4, -0.2) is 34.9 Å². The maximum Gasteiger partial charge on any atom is 0.217 e. The number of ether oxygens (including phenoxy) is 2. The summed E-state index contributed by atoms with van der Waals surface area (Å²) in [6, 6.07) is 10.0. The molecular formula is C20H22FN3O3. The van der Waals surface area contributed by atoms with Crippen molar-refractivity contribution < 1.29 is 18.7 Å². The molecule has 27 heavy (non-hydrogen) atoms. The molecule has 0 saturated heterocycles. The number of hydrogen-bond acceptors (Lipinski definition) is 4. The van der Waals surface area contributed by atoms with Crippen LogP contribution < -0.4 is 14.8 Å². The number of hydrogen-bond donors (Lipinski definition) is 1. The van der Waals surface area contributed by atoms with Gasteiger partial charge in [0.05, 0.1) is 18.2 Å². The normalized spacial score (nSPS) is 12.0. The lowest BCUT2D eigenvalue weighted by Gasteiger charge is -2.14. The molecule has 2 aromatic carbocycles. The Labute approximate surface area is 156 Å². The van der Waals surface area contributed by atoms with Crippen LogP contribution in [0.3, 0.4) is 0 Å². The number of nitrogens with one attached hydrogen (secondary N) is 1. The smallest absolute Gasteiger partial charge is 0.217 e. The minimum absolute atomic E-state index is 0.133. The molecule has 142 valence electrons. The highest BCUT2D eigenvalue weighted by atomic mass is 19.1. The quantitative estimate of drug-likeness (QED) is 0.691. The zero-order valence-corrected chi connectivity index (χ0v) is 15.5. The Morgan fingerprint density at radius 3 is 2.67 bits per heavy atom. The molecule has 0 aliphatic rings. The fourth-order valence-electron chi connectivity index (χ4n) is 2.75. The molecule has 1 heterocycles. The number of amides is 1. The standard InChI is InChI=1S/C20H22FN3O3/c1-4-26-17-6-5-15-11-24(23-19(15)10-17)20-8-7-16(9-18(20)21)27-12-13(2)22-14(3)25/h5-11,13H,4,12H2,1-3H3,(H,22,25)/t13-/m0/s1. The van der Waals surface area contributed by atoms with Crippen molar-refractivity contribution in [2.45, 2.75) is 26.8 Å². The van der Waals surface area contributed by atoms with Crippen molar-refractivity contribution in [3.05, 3.63) is 48.4 Å². The van der Waals surface area contributed by atoms with E-state index in [-0.39, 0.29) is 18.6 Å². The molecule has 1 atom stereocenters. The second-order valence-electron chi connectivity index (χ2n) is 6.25. The molecule has 1 aromatic heterocycles. The van der Waals surface area contributed by atoms with Gasteiger partial charge in [-0.3, -0.25) is 4.79 Å². The predicted octanol–water partition coefficient (Wildman–Crippen LogP) is 3.47. The molecule has 0 aliphatic carbocycles. The monoisotopic (exact) mass is 371 g/mol. The molecule has 1 amide bonds. The SMILES string of the molecule is CCOc1ccc2cn(-c3ccc(OC[C@H](C)NC(C)=O)cc3F)nc2c1. The maximum absolute atomic E-state index is 14.6. The first kappa shape index (κ1) is 18.7. The Hall–Kier alpha value is -3.09. The van der Waals surface area contributed by atoms with Gasteiger partial charge in [-0.25, -0.2) is 9.07 Å². The van der Waals surface area contributed by atoms with Crippen LogP contribution >= 0.6 is 0 Å². The summed E-state index contributed by atoms with van der Waals surface area (Å²) < 4.78 is 27.1. The topological polar surface area (TPSA) is 65.4 Å². The number of carbonyl (C=O) groups is 1. The van der Waals surface area contributed by atoms with E-state index >= 15 is 0 Å². The van der Waals surface area contributed by atoms with Gasteiger partial charge in [0.2, 0.25) is 5.91 Å². The third-order valence-electron chi connectivity index (χ3n) is 3.91. The van der Waals surface area contributed by atoms with Gasteiger partial charge in [0.15, 0.2) is 5.82 Å². The van der Waals surface area contributed by atoms with Crippen LogP contribution in [0.15, 0.2) is 42.6 Å². The lowest BCUT2D eigenvalue weighted by Crippen LogP contribution is -2.35. The number of rotatable bonds is 7. The van der Waals surface area contributed by atoms with Crippen LogP contribution in [0, 0.1) is 5.82 Å². The first-order valence-electron chi connectivity index (χ1n) is 8.78. The third-order valence-corrected chi connectivity index (χ3v) is 3.91.